The Labute approximate surface area is 120 Å². The molecule has 0 amide bonds. The number of aromatic nitrogens is 1. The van der Waals surface area contributed by atoms with Crippen LogP contribution in [0.1, 0.15) is 24.1 Å². The van der Waals surface area contributed by atoms with Crippen molar-refractivity contribution in [1.29, 1.82) is 0 Å². The second-order valence-electron chi connectivity index (χ2n) is 2.72. The van der Waals surface area contributed by atoms with E-state index in [4.69, 9.17) is 0 Å². The van der Waals surface area contributed by atoms with Gasteiger partial charge in [0.05, 0.1) is 0 Å². The van der Waals surface area contributed by atoms with Crippen LogP contribution in [0.15, 0.2) is 18.3 Å². The van der Waals surface area contributed by atoms with Gasteiger partial charge in [0.2, 0.25) is 0 Å². The summed E-state index contributed by atoms with van der Waals surface area (Å²) in [6.45, 7) is 3.38. The molecule has 0 fully saturated rings. The van der Waals surface area contributed by atoms with Crippen LogP contribution < -0.4 is 56.5 Å². The quantitative estimate of drug-likeness (QED) is 0.490. The predicted octanol–water partition coefficient (Wildman–Crippen LogP) is -2.75. The van der Waals surface area contributed by atoms with Crippen LogP contribution in [-0.2, 0) is 4.79 Å². The van der Waals surface area contributed by atoms with Crippen molar-refractivity contribution in [1.82, 2.24) is 4.98 Å². The molecule has 0 saturated carbocycles. The fourth-order valence-corrected chi connectivity index (χ4v) is 1.08. The summed E-state index contributed by atoms with van der Waals surface area (Å²) in [5.74, 6) is -1.65. The molecule has 1 unspecified atom stereocenters. The maximum absolute atomic E-state index is 10.5. The fourth-order valence-electron chi connectivity index (χ4n) is 1.08. The molecule has 1 rings (SSSR count). The molecule has 3 nitrogen and oxygen atoms in total. The normalized spacial score (nSPS) is 11.5. The summed E-state index contributed by atoms with van der Waals surface area (Å²) in [6, 6.07) is 3.48. The Morgan fingerprint density at radius 1 is 1.62 bits per heavy atom. The summed E-state index contributed by atoms with van der Waals surface area (Å²) in [5, 5.41) is 10.5. The number of carbonyl (C=O) groups excluding carboxylic acids is 1. The summed E-state index contributed by atoms with van der Waals surface area (Å²) >= 11 is 0. The number of pyridine rings is 1. The molecular formula is C9H10KNO2. The first kappa shape index (κ1) is 13.3. The van der Waals surface area contributed by atoms with E-state index in [2.05, 4.69) is 4.98 Å². The van der Waals surface area contributed by atoms with Crippen molar-refractivity contribution in [2.45, 2.75) is 19.8 Å². The molecule has 0 saturated heterocycles. The first-order chi connectivity index (χ1) is 5.63. The summed E-state index contributed by atoms with van der Waals surface area (Å²) in [5.41, 5.74) is 1.46. The number of hydrogen-bond donors (Lipinski definition) is 0. The maximum atomic E-state index is 10.5. The topological polar surface area (TPSA) is 53.0 Å². The average molecular weight is 203 g/mol. The van der Waals surface area contributed by atoms with Gasteiger partial charge < -0.3 is 9.90 Å². The van der Waals surface area contributed by atoms with E-state index in [1.165, 1.54) is 0 Å². The van der Waals surface area contributed by atoms with Crippen LogP contribution in [0.4, 0.5) is 0 Å². The SMILES string of the molecule is Cc1ncccc1C(C)C(=O)[O-].[K+]. The molecule has 0 aliphatic carbocycles. The molecule has 1 heterocycles. The fraction of sp³-hybridized carbons (Fsp3) is 0.333. The van der Waals surface area contributed by atoms with Crippen LogP contribution in [0.25, 0.3) is 0 Å². The molecule has 0 bridgehead atoms. The molecule has 4 heteroatoms. The second-order valence-corrected chi connectivity index (χ2v) is 2.72. The van der Waals surface area contributed by atoms with Crippen molar-refractivity contribution < 1.29 is 61.3 Å². The molecular weight excluding hydrogens is 193 g/mol. The van der Waals surface area contributed by atoms with E-state index in [1.807, 2.05) is 0 Å². The van der Waals surface area contributed by atoms with Crippen molar-refractivity contribution in [2.75, 3.05) is 0 Å². The van der Waals surface area contributed by atoms with Crippen molar-refractivity contribution >= 4 is 5.97 Å². The van der Waals surface area contributed by atoms with Gasteiger partial charge in [-0.2, -0.15) is 0 Å². The third kappa shape index (κ3) is 3.48. The summed E-state index contributed by atoms with van der Waals surface area (Å²) in [4.78, 5) is 14.5. The number of carboxylic acids is 1. The monoisotopic (exact) mass is 203 g/mol. The number of hydrogen-bond acceptors (Lipinski definition) is 3. The third-order valence-corrected chi connectivity index (χ3v) is 1.87. The summed E-state index contributed by atoms with van der Waals surface area (Å²) in [7, 11) is 0. The minimum absolute atomic E-state index is 0. The van der Waals surface area contributed by atoms with Crippen LogP contribution >= 0.6 is 0 Å². The van der Waals surface area contributed by atoms with E-state index >= 15 is 0 Å². The van der Waals surface area contributed by atoms with Gasteiger partial charge in [-0.05, 0) is 18.6 Å². The Hall–Kier alpha value is 0.256. The number of carboxylic acid groups (broad SMARTS) is 1. The number of rotatable bonds is 2. The molecule has 0 radical (unpaired) electrons. The van der Waals surface area contributed by atoms with Gasteiger partial charge in [0.25, 0.3) is 0 Å². The van der Waals surface area contributed by atoms with Gasteiger partial charge in [0, 0.05) is 23.8 Å². The zero-order chi connectivity index (χ0) is 9.14. The first-order valence-corrected chi connectivity index (χ1v) is 3.75. The number of aliphatic carboxylic acids is 1. The zero-order valence-electron chi connectivity index (χ0n) is 8.07. The Balaban J connectivity index is 0.00000144. The molecule has 1 aromatic heterocycles. The van der Waals surface area contributed by atoms with Crippen molar-refractivity contribution in [3.05, 3.63) is 29.6 Å². The van der Waals surface area contributed by atoms with Crippen LogP contribution in [0, 0.1) is 6.92 Å². The van der Waals surface area contributed by atoms with Gasteiger partial charge in [-0.15, -0.1) is 0 Å². The van der Waals surface area contributed by atoms with Crippen molar-refractivity contribution in [3.63, 3.8) is 0 Å². The van der Waals surface area contributed by atoms with E-state index in [1.54, 1.807) is 32.2 Å². The van der Waals surface area contributed by atoms with Crippen LogP contribution in [0.2, 0.25) is 0 Å². The molecule has 0 N–H and O–H groups in total. The van der Waals surface area contributed by atoms with Crippen LogP contribution in [0.3, 0.4) is 0 Å². The maximum Gasteiger partial charge on any atom is 1.00 e. The van der Waals surface area contributed by atoms with E-state index in [0.717, 1.165) is 11.3 Å². The molecule has 13 heavy (non-hydrogen) atoms. The molecule has 1 aromatic rings. The largest absolute Gasteiger partial charge is 1.00 e. The Morgan fingerprint density at radius 3 is 2.69 bits per heavy atom. The summed E-state index contributed by atoms with van der Waals surface area (Å²) < 4.78 is 0. The van der Waals surface area contributed by atoms with E-state index < -0.39 is 11.9 Å². The Bertz CT molecular complexity index is 301. The molecule has 1 atom stereocenters. The average Bonchev–Trinajstić information content (AvgIpc) is 2.04. The molecule has 0 spiro atoms. The standard InChI is InChI=1S/C9H11NO2.K/c1-6(9(11)12)8-4-3-5-10-7(8)2;/h3-6H,1-2H3,(H,11,12);/q;+1/p-1. The van der Waals surface area contributed by atoms with Gasteiger partial charge in [0.1, 0.15) is 0 Å². The van der Waals surface area contributed by atoms with Gasteiger partial charge in [0.15, 0.2) is 0 Å². The third-order valence-electron chi connectivity index (χ3n) is 1.87. The molecule has 0 aliphatic heterocycles. The Kier molecular flexibility index (Phi) is 5.99. The van der Waals surface area contributed by atoms with Gasteiger partial charge >= 0.3 is 51.4 Å². The van der Waals surface area contributed by atoms with Gasteiger partial charge in [-0.25, -0.2) is 0 Å². The number of carbonyl (C=O) groups is 1. The number of nitrogens with zero attached hydrogens (tertiary/aromatic N) is 1. The van der Waals surface area contributed by atoms with Gasteiger partial charge in [-0.1, -0.05) is 13.0 Å². The van der Waals surface area contributed by atoms with E-state index in [-0.39, 0.29) is 51.4 Å². The van der Waals surface area contributed by atoms with Crippen molar-refractivity contribution in [3.8, 4) is 0 Å². The second kappa shape index (κ2) is 5.88. The van der Waals surface area contributed by atoms with E-state index in [0.29, 0.717) is 0 Å². The Morgan fingerprint density at radius 2 is 2.23 bits per heavy atom. The predicted molar refractivity (Wildman–Crippen MR) is 42.4 cm³/mol. The van der Waals surface area contributed by atoms with E-state index in [9.17, 15) is 9.90 Å². The van der Waals surface area contributed by atoms with Gasteiger partial charge in [-0.3, -0.25) is 4.98 Å². The molecule has 64 valence electrons. The summed E-state index contributed by atoms with van der Waals surface area (Å²) in [6.07, 6.45) is 1.64. The molecule has 0 aliphatic rings. The minimum atomic E-state index is -1.06. The van der Waals surface area contributed by atoms with Crippen molar-refractivity contribution in [2.24, 2.45) is 0 Å². The van der Waals surface area contributed by atoms with Crippen LogP contribution in [0.5, 0.6) is 0 Å². The molecule has 0 aromatic carbocycles. The first-order valence-electron chi connectivity index (χ1n) is 3.75. The smallest absolute Gasteiger partial charge is 0.550 e. The number of aryl methyl sites for hydroxylation is 1. The van der Waals surface area contributed by atoms with Crippen LogP contribution in [-0.4, -0.2) is 11.0 Å². The zero-order valence-corrected chi connectivity index (χ0v) is 11.2. The minimum Gasteiger partial charge on any atom is -0.550 e.